The predicted octanol–water partition coefficient (Wildman–Crippen LogP) is 20.4. The maximum Gasteiger partial charge on any atom is 0.0456 e. The number of rotatable bonds is 12. The zero-order chi connectivity index (χ0) is 53.6. The van der Waals surface area contributed by atoms with Crippen molar-refractivity contribution in [3.63, 3.8) is 0 Å². The summed E-state index contributed by atoms with van der Waals surface area (Å²) < 4.78 is 0. The van der Waals surface area contributed by atoms with Crippen LogP contribution in [0.25, 0.3) is 44.5 Å². The van der Waals surface area contributed by atoms with Crippen molar-refractivity contribution < 1.29 is 0 Å². The molecule has 378 valence electrons. The summed E-state index contributed by atoms with van der Waals surface area (Å²) in [7, 11) is 0. The summed E-state index contributed by atoms with van der Waals surface area (Å²) >= 11 is 58.0. The monoisotopic (exact) mass is 1200 g/mol. The SMILES string of the molecule is CC(c1ccc(S)c(-c2ccccc2)c1)(c1ccc(S)c(-c2ccccc2)c1)c1c(S)cc(Sc2cc(S)c(-c3ccccc3S)cc2C(C)(c2ccc(S)c(-c3ccccc3S)c2)c2c(S)cc(S)cc2S)cc1S. The molecule has 0 spiro atoms. The highest BCUT2D eigenvalue weighted by Gasteiger charge is 2.40. The molecule has 0 saturated carbocycles. The van der Waals surface area contributed by atoms with Crippen LogP contribution in [-0.2, 0) is 10.8 Å². The van der Waals surface area contributed by atoms with Crippen molar-refractivity contribution in [2.45, 2.75) is 88.3 Å². The van der Waals surface area contributed by atoms with Gasteiger partial charge >= 0.3 is 0 Å². The second kappa shape index (κ2) is 23.2. The molecule has 0 heterocycles. The van der Waals surface area contributed by atoms with E-state index in [1.807, 2.05) is 60.7 Å². The molecule has 0 saturated heterocycles. The van der Waals surface area contributed by atoms with E-state index in [0.717, 1.165) is 142 Å². The molecule has 0 amide bonds. The number of hydrogen-bond donors (Lipinski definition) is 11. The molecule has 0 N–H and O–H groups in total. The van der Waals surface area contributed by atoms with Gasteiger partial charge in [-0.05, 0) is 177 Å². The zero-order valence-corrected chi connectivity index (χ0v) is 51.5. The van der Waals surface area contributed by atoms with E-state index in [1.165, 1.54) is 0 Å². The predicted molar refractivity (Wildman–Crippen MR) is 355 cm³/mol. The normalized spacial score (nSPS) is 12.4. The molecule has 12 heteroatoms. The highest BCUT2D eigenvalue weighted by Crippen LogP contribution is 2.54. The fourth-order valence-electron chi connectivity index (χ4n) is 10.4. The first-order chi connectivity index (χ1) is 36.5. The molecule has 1 atom stereocenters. The van der Waals surface area contributed by atoms with E-state index >= 15 is 0 Å². The molecule has 0 radical (unpaired) electrons. The van der Waals surface area contributed by atoms with Gasteiger partial charge in [0, 0.05) is 74.5 Å². The Morgan fingerprint density at radius 2 is 0.658 bits per heavy atom. The third-order valence-electron chi connectivity index (χ3n) is 14.3. The lowest BCUT2D eigenvalue weighted by Crippen LogP contribution is -2.28. The van der Waals surface area contributed by atoms with Crippen LogP contribution in [0.1, 0.15) is 47.2 Å². The van der Waals surface area contributed by atoms with Crippen LogP contribution in [0.2, 0.25) is 0 Å². The topological polar surface area (TPSA) is 0 Å². The fourth-order valence-corrected chi connectivity index (χ4v) is 16.1. The number of benzene rings is 10. The molecule has 1 unspecified atom stereocenters. The molecule has 0 aliphatic carbocycles. The quantitative estimate of drug-likeness (QED) is 0.0428. The summed E-state index contributed by atoms with van der Waals surface area (Å²) in [6.07, 6.45) is 0. The molecule has 76 heavy (non-hydrogen) atoms. The lowest BCUT2D eigenvalue weighted by atomic mass is 9.70. The molecule has 0 bridgehead atoms. The molecule has 0 aliphatic heterocycles. The Labute approximate surface area is 511 Å². The molecule has 0 nitrogen and oxygen atoms in total. The highest BCUT2D eigenvalue weighted by atomic mass is 32.2. The van der Waals surface area contributed by atoms with Crippen LogP contribution in [0.3, 0.4) is 0 Å². The van der Waals surface area contributed by atoms with Gasteiger partial charge in [0.25, 0.3) is 0 Å². The van der Waals surface area contributed by atoms with Gasteiger partial charge in [-0.15, -0.1) is 139 Å². The van der Waals surface area contributed by atoms with Crippen LogP contribution >= 0.6 is 151 Å². The van der Waals surface area contributed by atoms with Crippen LogP contribution in [-0.4, -0.2) is 0 Å². The van der Waals surface area contributed by atoms with E-state index in [1.54, 1.807) is 11.8 Å². The van der Waals surface area contributed by atoms with E-state index in [0.29, 0.717) is 0 Å². The van der Waals surface area contributed by atoms with E-state index < -0.39 is 10.8 Å². The van der Waals surface area contributed by atoms with Crippen molar-refractivity contribution in [1.82, 2.24) is 0 Å². The van der Waals surface area contributed by atoms with E-state index in [-0.39, 0.29) is 0 Å². The maximum atomic E-state index is 5.47. The Morgan fingerprint density at radius 3 is 1.13 bits per heavy atom. The molecular weight excluding hydrogens is 1150 g/mol. The summed E-state index contributed by atoms with van der Waals surface area (Å²) in [5, 5.41) is 0. The summed E-state index contributed by atoms with van der Waals surface area (Å²) in [4.78, 5) is 10.8. The third-order valence-corrected chi connectivity index (χ3v) is 19.3. The first-order valence-corrected chi connectivity index (χ1v) is 29.8. The lowest BCUT2D eigenvalue weighted by molar-refractivity contribution is 0.644. The van der Waals surface area contributed by atoms with Gasteiger partial charge in [0.05, 0.1) is 0 Å². The van der Waals surface area contributed by atoms with Crippen molar-refractivity contribution >= 4 is 151 Å². The number of thiol groups is 11. The van der Waals surface area contributed by atoms with Gasteiger partial charge in [-0.1, -0.05) is 127 Å². The molecule has 0 fully saturated rings. The molecule has 10 rings (SSSR count). The van der Waals surface area contributed by atoms with Gasteiger partial charge in [0.2, 0.25) is 0 Å². The van der Waals surface area contributed by atoms with Crippen molar-refractivity contribution in [3.8, 4) is 44.5 Å². The van der Waals surface area contributed by atoms with E-state index in [4.69, 9.17) is 139 Å². The second-order valence-electron chi connectivity index (χ2n) is 18.9. The molecular formula is C64H50S12. The first kappa shape index (κ1) is 55.7. The van der Waals surface area contributed by atoms with Gasteiger partial charge in [0.1, 0.15) is 0 Å². The van der Waals surface area contributed by atoms with Crippen LogP contribution in [0.4, 0.5) is 0 Å². The van der Waals surface area contributed by atoms with Crippen LogP contribution in [0.5, 0.6) is 0 Å². The smallest absolute Gasteiger partial charge is 0.0456 e. The Bertz CT molecular complexity index is 3720. The van der Waals surface area contributed by atoms with Crippen molar-refractivity contribution in [3.05, 3.63) is 234 Å². The van der Waals surface area contributed by atoms with Gasteiger partial charge in [0.15, 0.2) is 0 Å². The van der Waals surface area contributed by atoms with Gasteiger partial charge in [-0.2, -0.15) is 0 Å². The number of hydrogen-bond acceptors (Lipinski definition) is 12. The zero-order valence-electron chi connectivity index (χ0n) is 40.9. The molecule has 10 aromatic rings. The summed E-state index contributed by atoms with van der Waals surface area (Å²) in [6.45, 7) is 4.52. The van der Waals surface area contributed by atoms with Crippen molar-refractivity contribution in [1.29, 1.82) is 0 Å². The first-order valence-electron chi connectivity index (χ1n) is 24.0. The Hall–Kier alpha value is -3.60. The van der Waals surface area contributed by atoms with Gasteiger partial charge < -0.3 is 0 Å². The van der Waals surface area contributed by atoms with Crippen molar-refractivity contribution in [2.75, 3.05) is 0 Å². The summed E-state index contributed by atoms with van der Waals surface area (Å²) in [5.74, 6) is 0. The summed E-state index contributed by atoms with van der Waals surface area (Å²) in [5.41, 5.74) is 12.3. The largest absolute Gasteiger partial charge is 0.143 e. The minimum absolute atomic E-state index is 0.745. The highest BCUT2D eigenvalue weighted by molar-refractivity contribution is 7.99. The Morgan fingerprint density at radius 1 is 0.289 bits per heavy atom. The minimum atomic E-state index is -0.904. The summed E-state index contributed by atoms with van der Waals surface area (Å²) in [6, 6.07) is 69.2. The Balaban J connectivity index is 1.21. The second-order valence-corrected chi connectivity index (χ2v) is 25.3. The van der Waals surface area contributed by atoms with Gasteiger partial charge in [-0.25, -0.2) is 0 Å². The Kier molecular flexibility index (Phi) is 17.0. The van der Waals surface area contributed by atoms with E-state index in [2.05, 4.69) is 153 Å². The maximum absolute atomic E-state index is 5.47. The lowest BCUT2D eigenvalue weighted by Gasteiger charge is -2.37. The van der Waals surface area contributed by atoms with Crippen LogP contribution < -0.4 is 0 Å². The average Bonchev–Trinajstić information content (AvgIpc) is 3.47. The fraction of sp³-hybridized carbons (Fsp3) is 0.0625. The molecule has 0 aromatic heterocycles. The molecule has 0 aliphatic rings. The van der Waals surface area contributed by atoms with Crippen LogP contribution in [0, 0.1) is 0 Å². The molecule has 10 aromatic carbocycles. The third kappa shape index (κ3) is 10.8. The van der Waals surface area contributed by atoms with Gasteiger partial charge in [-0.3, -0.25) is 0 Å². The van der Waals surface area contributed by atoms with Crippen molar-refractivity contribution in [2.24, 2.45) is 0 Å². The van der Waals surface area contributed by atoms with E-state index in [9.17, 15) is 0 Å². The minimum Gasteiger partial charge on any atom is -0.143 e. The standard InChI is InChI=1S/C64H50S12/c1-63(38-21-24-52(68)45(27-38)36-13-5-3-6-14-36,39-22-25-53(69)46(28-39)37-15-7-4-8-16-37)61-58(74)32-42(33-59(61)75)76-60-35-55(71)48(44-18-10-12-20-51(44)67)34-49(60)64(2,62-56(72)30-41(65)31-57(62)73)40-23-26-54(70)47(29-40)43-17-9-11-19-50(43)66/h3-35,65-75H,1-2H3. The van der Waals surface area contributed by atoms with Crippen LogP contribution in [0.15, 0.2) is 264 Å². The average molecular weight is 1200 g/mol.